The topological polar surface area (TPSA) is 80.4 Å². The maximum absolute atomic E-state index is 10.7. The van der Waals surface area contributed by atoms with Gasteiger partial charge in [0.1, 0.15) is 6.04 Å². The molecule has 0 saturated heterocycles. The summed E-state index contributed by atoms with van der Waals surface area (Å²) in [6, 6.07) is -0.854. The first kappa shape index (κ1) is 16.6. The maximum atomic E-state index is 10.7. The van der Waals surface area contributed by atoms with Gasteiger partial charge < -0.3 is 10.8 Å². The van der Waals surface area contributed by atoms with Crippen molar-refractivity contribution in [2.45, 2.75) is 33.2 Å². The molecular weight excluding hydrogens is 214 g/mol. The van der Waals surface area contributed by atoms with E-state index in [0.717, 1.165) is 0 Å². The number of rotatable bonds is 6. The molecule has 0 amide bonds. The Morgan fingerprint density at radius 2 is 1.93 bits per heavy atom. The van der Waals surface area contributed by atoms with Crippen LogP contribution in [-0.4, -0.2) is 28.7 Å². The van der Waals surface area contributed by atoms with Crippen LogP contribution in [0.15, 0.2) is 11.5 Å². The maximum Gasteiger partial charge on any atom is 0.320 e. The Morgan fingerprint density at radius 3 is 2.27 bits per heavy atom. The van der Waals surface area contributed by atoms with E-state index in [1.165, 1.54) is 18.7 Å². The molecule has 0 bridgehead atoms. The zero-order chi connectivity index (χ0) is 12.4. The van der Waals surface area contributed by atoms with Crippen LogP contribution in [0.25, 0.3) is 0 Å². The second-order valence-electron chi connectivity index (χ2n) is 2.56. The van der Waals surface area contributed by atoms with Crippen LogP contribution < -0.4 is 5.73 Å². The van der Waals surface area contributed by atoms with Crippen molar-refractivity contribution in [2.75, 3.05) is 5.75 Å². The van der Waals surface area contributed by atoms with E-state index >= 15 is 0 Å². The zero-order valence-electron chi connectivity index (χ0n) is 9.45. The standard InChI is InChI=1S/C8H13NO3S.C2H6/c1-5(10)6(2)13-4-3-7(9)8(11)12;1-2/h7H,2-4,9H2,1H3,(H,11,12);1-2H3. The molecule has 5 heteroatoms. The zero-order valence-corrected chi connectivity index (χ0v) is 10.3. The number of aliphatic carboxylic acids is 1. The molecular formula is C10H19NO3S. The lowest BCUT2D eigenvalue weighted by molar-refractivity contribution is -0.138. The Morgan fingerprint density at radius 1 is 1.47 bits per heavy atom. The predicted molar refractivity (Wildman–Crippen MR) is 63.9 cm³/mol. The van der Waals surface area contributed by atoms with Gasteiger partial charge in [-0.15, -0.1) is 11.8 Å². The summed E-state index contributed by atoms with van der Waals surface area (Å²) in [6.07, 6.45) is 0.340. The lowest BCUT2D eigenvalue weighted by Crippen LogP contribution is -2.30. The van der Waals surface area contributed by atoms with Crippen LogP contribution in [-0.2, 0) is 9.59 Å². The monoisotopic (exact) mass is 233 g/mol. The van der Waals surface area contributed by atoms with Gasteiger partial charge in [0.05, 0.1) is 0 Å². The fraction of sp³-hybridized carbons (Fsp3) is 0.600. The highest BCUT2D eigenvalue weighted by molar-refractivity contribution is 8.03. The lowest BCUT2D eigenvalue weighted by atomic mass is 10.2. The highest BCUT2D eigenvalue weighted by atomic mass is 32.2. The molecule has 0 aliphatic rings. The van der Waals surface area contributed by atoms with Gasteiger partial charge in [0.2, 0.25) is 0 Å². The molecule has 1 unspecified atom stereocenters. The molecule has 0 aromatic carbocycles. The van der Waals surface area contributed by atoms with Crippen molar-refractivity contribution in [1.82, 2.24) is 0 Å². The SMILES string of the molecule is C=C(SCCC(N)C(=O)O)C(C)=O.CC. The number of carbonyl (C=O) groups excluding carboxylic acids is 1. The molecule has 0 aromatic rings. The van der Waals surface area contributed by atoms with Crippen LogP contribution in [0.5, 0.6) is 0 Å². The number of carbonyl (C=O) groups is 2. The molecule has 1 atom stereocenters. The van der Waals surface area contributed by atoms with Crippen molar-refractivity contribution < 1.29 is 14.7 Å². The minimum Gasteiger partial charge on any atom is -0.480 e. The summed E-state index contributed by atoms with van der Waals surface area (Å²) in [7, 11) is 0. The van der Waals surface area contributed by atoms with Crippen LogP contribution in [0.2, 0.25) is 0 Å². The largest absolute Gasteiger partial charge is 0.480 e. The number of carboxylic acid groups (broad SMARTS) is 1. The summed E-state index contributed by atoms with van der Waals surface area (Å²) in [5.74, 6) is -0.603. The van der Waals surface area contributed by atoms with E-state index in [-0.39, 0.29) is 5.78 Å². The molecule has 0 aliphatic heterocycles. The van der Waals surface area contributed by atoms with Crippen molar-refractivity contribution in [2.24, 2.45) is 5.73 Å². The first-order valence-electron chi connectivity index (χ1n) is 4.76. The number of ketones is 1. The van der Waals surface area contributed by atoms with E-state index in [2.05, 4.69) is 6.58 Å². The van der Waals surface area contributed by atoms with Gasteiger partial charge in [-0.2, -0.15) is 0 Å². The fourth-order valence-corrected chi connectivity index (χ4v) is 1.36. The van der Waals surface area contributed by atoms with Gasteiger partial charge in [-0.05, 0) is 13.3 Å². The normalized spacial score (nSPS) is 10.9. The van der Waals surface area contributed by atoms with E-state index in [1.807, 2.05) is 13.8 Å². The van der Waals surface area contributed by atoms with Crippen LogP contribution in [0.3, 0.4) is 0 Å². The van der Waals surface area contributed by atoms with Gasteiger partial charge in [-0.3, -0.25) is 9.59 Å². The van der Waals surface area contributed by atoms with Crippen LogP contribution >= 0.6 is 11.8 Å². The number of nitrogens with two attached hydrogens (primary N) is 1. The fourth-order valence-electron chi connectivity index (χ4n) is 0.534. The highest BCUT2D eigenvalue weighted by Gasteiger charge is 2.11. The lowest BCUT2D eigenvalue weighted by Gasteiger charge is -2.05. The Hall–Kier alpha value is -0.810. The van der Waals surface area contributed by atoms with Gasteiger partial charge in [0.25, 0.3) is 0 Å². The van der Waals surface area contributed by atoms with Crippen molar-refractivity contribution in [3.8, 4) is 0 Å². The van der Waals surface area contributed by atoms with Crippen molar-refractivity contribution >= 4 is 23.5 Å². The summed E-state index contributed by atoms with van der Waals surface area (Å²) in [5.41, 5.74) is 5.25. The predicted octanol–water partition coefficient (Wildman–Crippen LogP) is 1.65. The summed E-state index contributed by atoms with van der Waals surface area (Å²) in [5, 5.41) is 8.43. The third-order valence-corrected chi connectivity index (χ3v) is 2.49. The van der Waals surface area contributed by atoms with Gasteiger partial charge >= 0.3 is 5.97 Å². The molecule has 15 heavy (non-hydrogen) atoms. The molecule has 0 aliphatic carbocycles. The number of carboxylic acids is 1. The summed E-state index contributed by atoms with van der Waals surface area (Å²) in [6.45, 7) is 8.94. The number of thioether (sulfide) groups is 1. The smallest absolute Gasteiger partial charge is 0.320 e. The van der Waals surface area contributed by atoms with Gasteiger partial charge in [0, 0.05) is 10.7 Å². The van der Waals surface area contributed by atoms with Crippen molar-refractivity contribution in [1.29, 1.82) is 0 Å². The second kappa shape index (κ2) is 9.73. The number of hydrogen-bond donors (Lipinski definition) is 2. The molecule has 88 valence electrons. The summed E-state index contributed by atoms with van der Waals surface area (Å²) < 4.78 is 0. The Labute approximate surface area is 94.9 Å². The van der Waals surface area contributed by atoms with E-state index in [4.69, 9.17) is 10.8 Å². The third kappa shape index (κ3) is 9.49. The third-order valence-electron chi connectivity index (χ3n) is 1.42. The van der Waals surface area contributed by atoms with Gasteiger partial charge in [-0.1, -0.05) is 20.4 Å². The summed E-state index contributed by atoms with van der Waals surface area (Å²) >= 11 is 1.24. The molecule has 3 N–H and O–H groups in total. The van der Waals surface area contributed by atoms with Crippen LogP contribution in [0.1, 0.15) is 27.2 Å². The highest BCUT2D eigenvalue weighted by Crippen LogP contribution is 2.15. The molecule has 0 aromatic heterocycles. The first-order valence-corrected chi connectivity index (χ1v) is 5.74. The average molecular weight is 233 g/mol. The molecule has 4 nitrogen and oxygen atoms in total. The van der Waals surface area contributed by atoms with Gasteiger partial charge in [-0.25, -0.2) is 0 Å². The molecule has 0 fully saturated rings. The van der Waals surface area contributed by atoms with E-state index in [1.54, 1.807) is 0 Å². The van der Waals surface area contributed by atoms with Crippen LogP contribution in [0, 0.1) is 0 Å². The molecule has 0 saturated carbocycles. The van der Waals surface area contributed by atoms with Crippen LogP contribution in [0.4, 0.5) is 0 Å². The number of hydrogen-bond acceptors (Lipinski definition) is 4. The van der Waals surface area contributed by atoms with Crippen molar-refractivity contribution in [3.05, 3.63) is 11.5 Å². The Bertz CT molecular complexity index is 229. The number of Topliss-reactive ketones (excluding diaryl/α,β-unsaturated/α-hetero) is 1. The minimum atomic E-state index is -1.02. The quantitative estimate of drug-likeness (QED) is 0.682. The molecule has 0 spiro atoms. The van der Waals surface area contributed by atoms with E-state index in [0.29, 0.717) is 17.1 Å². The van der Waals surface area contributed by atoms with E-state index in [9.17, 15) is 9.59 Å². The van der Waals surface area contributed by atoms with Gasteiger partial charge in [0.15, 0.2) is 5.78 Å². The minimum absolute atomic E-state index is 0.0890. The van der Waals surface area contributed by atoms with E-state index < -0.39 is 12.0 Å². The Kier molecular flexibility index (Phi) is 10.8. The molecule has 0 radical (unpaired) electrons. The summed E-state index contributed by atoms with van der Waals surface area (Å²) in [4.78, 5) is 21.4. The number of allylic oxidation sites excluding steroid dienone is 1. The Balaban J connectivity index is 0. The molecule has 0 rings (SSSR count). The average Bonchev–Trinajstić information content (AvgIpc) is 2.20. The molecule has 0 heterocycles. The van der Waals surface area contributed by atoms with Crippen molar-refractivity contribution in [3.63, 3.8) is 0 Å². The first-order chi connectivity index (χ1) is 6.95. The second-order valence-corrected chi connectivity index (χ2v) is 3.75.